The van der Waals surface area contributed by atoms with Gasteiger partial charge in [0.1, 0.15) is 5.75 Å². The Morgan fingerprint density at radius 2 is 2.20 bits per heavy atom. The third-order valence-electron chi connectivity index (χ3n) is 1.94. The number of benzene rings is 1. The lowest BCUT2D eigenvalue weighted by molar-refractivity contribution is 0.413. The fraction of sp³-hybridized carbons (Fsp3) is 0.200. The van der Waals surface area contributed by atoms with Crippen molar-refractivity contribution < 1.29 is 9.26 Å². The van der Waals surface area contributed by atoms with Crippen molar-refractivity contribution in [3.8, 4) is 17.2 Å². The minimum Gasteiger partial charge on any atom is -0.495 e. The standard InChI is InChI=1S/C10H9ClN2O2/c1-6-12-10(15-13-6)7-4-3-5-8(14-2)9(7)11/h3-5H,1-2H3. The van der Waals surface area contributed by atoms with Crippen LogP contribution in [0.3, 0.4) is 0 Å². The van der Waals surface area contributed by atoms with Crippen LogP contribution >= 0.6 is 11.6 Å². The molecule has 0 radical (unpaired) electrons. The second-order valence-corrected chi connectivity index (χ2v) is 3.35. The summed E-state index contributed by atoms with van der Waals surface area (Å²) in [7, 11) is 1.56. The van der Waals surface area contributed by atoms with E-state index in [1.807, 2.05) is 6.07 Å². The molecule has 0 N–H and O–H groups in total. The zero-order chi connectivity index (χ0) is 10.8. The van der Waals surface area contributed by atoms with Gasteiger partial charge in [-0.3, -0.25) is 0 Å². The van der Waals surface area contributed by atoms with Crippen LogP contribution in [0.2, 0.25) is 5.02 Å². The van der Waals surface area contributed by atoms with Crippen molar-refractivity contribution in [2.24, 2.45) is 0 Å². The highest BCUT2D eigenvalue weighted by Gasteiger charge is 2.13. The van der Waals surface area contributed by atoms with E-state index < -0.39 is 0 Å². The van der Waals surface area contributed by atoms with E-state index in [0.29, 0.717) is 28.1 Å². The van der Waals surface area contributed by atoms with E-state index in [-0.39, 0.29) is 0 Å². The molecule has 0 saturated carbocycles. The van der Waals surface area contributed by atoms with E-state index in [0.717, 1.165) is 0 Å². The van der Waals surface area contributed by atoms with Crippen LogP contribution in [0.4, 0.5) is 0 Å². The number of hydrogen-bond acceptors (Lipinski definition) is 4. The highest BCUT2D eigenvalue weighted by Crippen LogP contribution is 2.33. The van der Waals surface area contributed by atoms with Gasteiger partial charge in [-0.05, 0) is 19.1 Å². The minimum atomic E-state index is 0.399. The van der Waals surface area contributed by atoms with Crippen LogP contribution in [0.1, 0.15) is 5.82 Å². The normalized spacial score (nSPS) is 10.3. The molecule has 0 unspecified atom stereocenters. The van der Waals surface area contributed by atoms with E-state index >= 15 is 0 Å². The predicted molar refractivity (Wildman–Crippen MR) is 56.0 cm³/mol. The van der Waals surface area contributed by atoms with Crippen molar-refractivity contribution in [1.29, 1.82) is 0 Å². The van der Waals surface area contributed by atoms with Gasteiger partial charge >= 0.3 is 0 Å². The maximum atomic E-state index is 6.10. The molecule has 1 aromatic carbocycles. The lowest BCUT2D eigenvalue weighted by Crippen LogP contribution is -1.86. The van der Waals surface area contributed by atoms with Crippen LogP contribution in [0.25, 0.3) is 11.5 Å². The number of rotatable bonds is 2. The zero-order valence-electron chi connectivity index (χ0n) is 8.32. The van der Waals surface area contributed by atoms with Crippen LogP contribution in [-0.2, 0) is 0 Å². The number of methoxy groups -OCH3 is 1. The van der Waals surface area contributed by atoms with Crippen LogP contribution in [0.15, 0.2) is 22.7 Å². The Labute approximate surface area is 91.8 Å². The van der Waals surface area contributed by atoms with Crippen molar-refractivity contribution in [3.63, 3.8) is 0 Å². The summed E-state index contributed by atoms with van der Waals surface area (Å²) in [6, 6.07) is 5.40. The summed E-state index contributed by atoms with van der Waals surface area (Å²) >= 11 is 6.10. The SMILES string of the molecule is COc1cccc(-c2nc(C)no2)c1Cl. The van der Waals surface area contributed by atoms with Crippen LogP contribution < -0.4 is 4.74 Å². The molecular weight excluding hydrogens is 216 g/mol. The van der Waals surface area contributed by atoms with Crippen molar-refractivity contribution >= 4 is 11.6 Å². The molecule has 15 heavy (non-hydrogen) atoms. The highest BCUT2D eigenvalue weighted by molar-refractivity contribution is 6.34. The van der Waals surface area contributed by atoms with Gasteiger partial charge in [0, 0.05) is 0 Å². The molecule has 1 aromatic heterocycles. The molecule has 0 bridgehead atoms. The van der Waals surface area contributed by atoms with Crippen LogP contribution in [-0.4, -0.2) is 17.3 Å². The van der Waals surface area contributed by atoms with Gasteiger partial charge in [0.25, 0.3) is 5.89 Å². The number of halogens is 1. The Morgan fingerprint density at radius 3 is 2.80 bits per heavy atom. The third-order valence-corrected chi connectivity index (χ3v) is 2.33. The Bertz CT molecular complexity index is 482. The zero-order valence-corrected chi connectivity index (χ0v) is 9.08. The molecular formula is C10H9ClN2O2. The average molecular weight is 225 g/mol. The van der Waals surface area contributed by atoms with Gasteiger partial charge in [0.15, 0.2) is 5.82 Å². The minimum absolute atomic E-state index is 0.399. The summed E-state index contributed by atoms with van der Waals surface area (Å²) in [6.45, 7) is 1.75. The lowest BCUT2D eigenvalue weighted by atomic mass is 10.2. The van der Waals surface area contributed by atoms with Gasteiger partial charge in [-0.25, -0.2) is 0 Å². The van der Waals surface area contributed by atoms with Crippen LogP contribution in [0, 0.1) is 6.92 Å². The Hall–Kier alpha value is -1.55. The van der Waals surface area contributed by atoms with Crippen molar-refractivity contribution in [2.75, 3.05) is 7.11 Å². The molecule has 0 aliphatic heterocycles. The van der Waals surface area contributed by atoms with E-state index in [1.54, 1.807) is 26.2 Å². The van der Waals surface area contributed by atoms with Gasteiger partial charge in [-0.15, -0.1) is 0 Å². The molecule has 0 amide bonds. The predicted octanol–water partition coefficient (Wildman–Crippen LogP) is 2.71. The number of hydrogen-bond donors (Lipinski definition) is 0. The lowest BCUT2D eigenvalue weighted by Gasteiger charge is -2.04. The number of nitrogens with zero attached hydrogens (tertiary/aromatic N) is 2. The average Bonchev–Trinajstić information content (AvgIpc) is 2.65. The molecule has 4 nitrogen and oxygen atoms in total. The fourth-order valence-electron chi connectivity index (χ4n) is 1.24. The number of aromatic nitrogens is 2. The topological polar surface area (TPSA) is 48.2 Å². The largest absolute Gasteiger partial charge is 0.495 e. The van der Waals surface area contributed by atoms with Crippen molar-refractivity contribution in [3.05, 3.63) is 29.0 Å². The first kappa shape index (κ1) is 9.98. The van der Waals surface area contributed by atoms with Crippen LogP contribution in [0.5, 0.6) is 5.75 Å². The van der Waals surface area contributed by atoms with Gasteiger partial charge in [0.05, 0.1) is 17.7 Å². The van der Waals surface area contributed by atoms with E-state index in [4.69, 9.17) is 20.9 Å². The number of aryl methyl sites for hydroxylation is 1. The first-order chi connectivity index (χ1) is 7.22. The molecule has 0 fully saturated rings. The summed E-state index contributed by atoms with van der Waals surface area (Å²) in [5, 5.41) is 4.18. The monoisotopic (exact) mass is 224 g/mol. The molecule has 2 rings (SSSR count). The highest BCUT2D eigenvalue weighted by atomic mass is 35.5. The van der Waals surface area contributed by atoms with Gasteiger partial charge in [-0.1, -0.05) is 22.8 Å². The second kappa shape index (κ2) is 3.90. The maximum absolute atomic E-state index is 6.10. The molecule has 0 atom stereocenters. The Balaban J connectivity index is 2.53. The molecule has 0 saturated heterocycles. The summed E-state index contributed by atoms with van der Waals surface area (Å²) in [4.78, 5) is 4.10. The molecule has 2 aromatic rings. The second-order valence-electron chi connectivity index (χ2n) is 2.97. The summed E-state index contributed by atoms with van der Waals surface area (Å²) in [5.41, 5.74) is 0.677. The van der Waals surface area contributed by atoms with E-state index in [2.05, 4.69) is 10.1 Å². The first-order valence-electron chi connectivity index (χ1n) is 4.35. The van der Waals surface area contributed by atoms with Gasteiger partial charge in [-0.2, -0.15) is 4.98 Å². The molecule has 0 spiro atoms. The number of ether oxygens (including phenoxy) is 1. The molecule has 5 heteroatoms. The van der Waals surface area contributed by atoms with Crippen molar-refractivity contribution in [1.82, 2.24) is 10.1 Å². The Morgan fingerprint density at radius 1 is 1.40 bits per heavy atom. The summed E-state index contributed by atoms with van der Waals surface area (Å²) < 4.78 is 10.1. The summed E-state index contributed by atoms with van der Waals surface area (Å²) in [5.74, 6) is 1.56. The molecule has 0 aliphatic rings. The summed E-state index contributed by atoms with van der Waals surface area (Å²) in [6.07, 6.45) is 0. The molecule has 1 heterocycles. The smallest absolute Gasteiger partial charge is 0.259 e. The molecule has 0 aliphatic carbocycles. The van der Waals surface area contributed by atoms with Crippen molar-refractivity contribution in [2.45, 2.75) is 6.92 Å². The third kappa shape index (κ3) is 1.80. The van der Waals surface area contributed by atoms with E-state index in [1.165, 1.54) is 0 Å². The first-order valence-corrected chi connectivity index (χ1v) is 4.73. The maximum Gasteiger partial charge on any atom is 0.259 e. The molecule has 78 valence electrons. The fourth-order valence-corrected chi connectivity index (χ4v) is 1.52. The van der Waals surface area contributed by atoms with Gasteiger partial charge < -0.3 is 9.26 Å². The Kier molecular flexibility index (Phi) is 2.60. The van der Waals surface area contributed by atoms with E-state index in [9.17, 15) is 0 Å². The quantitative estimate of drug-likeness (QED) is 0.787. The van der Waals surface area contributed by atoms with Gasteiger partial charge in [0.2, 0.25) is 0 Å².